The van der Waals surface area contributed by atoms with Gasteiger partial charge in [0.2, 0.25) is 0 Å². The predicted molar refractivity (Wildman–Crippen MR) is 66.2 cm³/mol. The number of nitrogens with one attached hydrogen (secondary N) is 2. The number of nitrogens with zero attached hydrogens (tertiary/aromatic N) is 1. The van der Waals surface area contributed by atoms with E-state index in [1.165, 1.54) is 44.2 Å². The molecule has 1 fully saturated rings. The van der Waals surface area contributed by atoms with Gasteiger partial charge in [0.1, 0.15) is 0 Å². The van der Waals surface area contributed by atoms with Crippen LogP contribution in [-0.2, 0) is 0 Å². The van der Waals surface area contributed by atoms with E-state index in [1.807, 2.05) is 12.3 Å². The molecule has 1 unspecified atom stereocenters. The standard InChI is InChI=1S/C13H23N3/c1-11(13-8-10-15-16-13)14-9-7-12-5-3-2-4-6-12/h8,10-12,14H,2-7,9H2,1H3,(H,15,16). The molecule has 1 atom stereocenters. The van der Waals surface area contributed by atoms with Crippen molar-refractivity contribution in [2.24, 2.45) is 5.92 Å². The van der Waals surface area contributed by atoms with Crippen LogP contribution in [0.2, 0.25) is 0 Å². The van der Waals surface area contributed by atoms with E-state index in [9.17, 15) is 0 Å². The van der Waals surface area contributed by atoms with Crippen molar-refractivity contribution in [1.82, 2.24) is 15.5 Å². The zero-order valence-electron chi connectivity index (χ0n) is 10.2. The van der Waals surface area contributed by atoms with E-state index < -0.39 is 0 Å². The molecule has 0 radical (unpaired) electrons. The Morgan fingerprint density at radius 3 is 2.94 bits per heavy atom. The number of aromatic amines is 1. The molecule has 0 spiro atoms. The number of hydrogen-bond acceptors (Lipinski definition) is 2. The van der Waals surface area contributed by atoms with Crippen LogP contribution in [0.5, 0.6) is 0 Å². The van der Waals surface area contributed by atoms with Gasteiger partial charge in [0.15, 0.2) is 0 Å². The molecular weight excluding hydrogens is 198 g/mol. The summed E-state index contributed by atoms with van der Waals surface area (Å²) < 4.78 is 0. The second-order valence-corrected chi connectivity index (χ2v) is 4.98. The molecule has 2 rings (SSSR count). The first-order valence-electron chi connectivity index (χ1n) is 6.59. The van der Waals surface area contributed by atoms with E-state index in [4.69, 9.17) is 0 Å². The minimum atomic E-state index is 0.395. The Balaban J connectivity index is 1.63. The van der Waals surface area contributed by atoms with Crippen LogP contribution in [0.3, 0.4) is 0 Å². The highest BCUT2D eigenvalue weighted by Gasteiger charge is 2.13. The second kappa shape index (κ2) is 6.04. The van der Waals surface area contributed by atoms with Crippen LogP contribution in [0, 0.1) is 5.92 Å². The molecule has 1 aromatic rings. The van der Waals surface area contributed by atoms with Crippen molar-refractivity contribution in [3.63, 3.8) is 0 Å². The number of rotatable bonds is 5. The molecule has 1 heterocycles. The van der Waals surface area contributed by atoms with Crippen molar-refractivity contribution in [3.05, 3.63) is 18.0 Å². The zero-order chi connectivity index (χ0) is 11.2. The molecule has 0 amide bonds. The molecule has 0 bridgehead atoms. The van der Waals surface area contributed by atoms with Gasteiger partial charge in [-0.2, -0.15) is 5.10 Å². The maximum absolute atomic E-state index is 3.98. The monoisotopic (exact) mass is 221 g/mol. The highest BCUT2D eigenvalue weighted by molar-refractivity contribution is 5.02. The SMILES string of the molecule is CC(NCCC1CCCCC1)c1ccn[nH]1. The summed E-state index contributed by atoms with van der Waals surface area (Å²) >= 11 is 0. The molecule has 1 saturated carbocycles. The minimum Gasteiger partial charge on any atom is -0.309 e. The highest BCUT2D eigenvalue weighted by Crippen LogP contribution is 2.25. The molecule has 90 valence electrons. The van der Waals surface area contributed by atoms with Gasteiger partial charge in [-0.1, -0.05) is 32.1 Å². The van der Waals surface area contributed by atoms with Gasteiger partial charge in [-0.05, 0) is 31.9 Å². The molecule has 0 aliphatic heterocycles. The quantitative estimate of drug-likeness (QED) is 0.802. The Morgan fingerprint density at radius 2 is 2.25 bits per heavy atom. The molecule has 0 saturated heterocycles. The molecule has 3 heteroatoms. The summed E-state index contributed by atoms with van der Waals surface area (Å²) in [6, 6.07) is 2.43. The summed E-state index contributed by atoms with van der Waals surface area (Å²) in [6.45, 7) is 3.32. The lowest BCUT2D eigenvalue weighted by Gasteiger charge is -2.22. The zero-order valence-corrected chi connectivity index (χ0v) is 10.2. The average Bonchev–Trinajstić information content (AvgIpc) is 2.84. The van der Waals surface area contributed by atoms with Crippen molar-refractivity contribution in [1.29, 1.82) is 0 Å². The third-order valence-corrected chi connectivity index (χ3v) is 3.72. The lowest BCUT2D eigenvalue weighted by Crippen LogP contribution is -2.22. The van der Waals surface area contributed by atoms with E-state index in [0.29, 0.717) is 6.04 Å². The van der Waals surface area contributed by atoms with Crippen molar-refractivity contribution in [2.45, 2.75) is 51.5 Å². The van der Waals surface area contributed by atoms with Gasteiger partial charge in [0.25, 0.3) is 0 Å². The number of hydrogen-bond donors (Lipinski definition) is 2. The Hall–Kier alpha value is -0.830. The molecule has 1 aliphatic carbocycles. The van der Waals surface area contributed by atoms with Crippen LogP contribution in [0.25, 0.3) is 0 Å². The van der Waals surface area contributed by atoms with Crippen LogP contribution in [-0.4, -0.2) is 16.7 Å². The fourth-order valence-corrected chi connectivity index (χ4v) is 2.60. The van der Waals surface area contributed by atoms with Crippen LogP contribution in [0.1, 0.15) is 57.2 Å². The maximum Gasteiger partial charge on any atom is 0.0518 e. The third-order valence-electron chi connectivity index (χ3n) is 3.72. The van der Waals surface area contributed by atoms with E-state index in [-0.39, 0.29) is 0 Å². The summed E-state index contributed by atoms with van der Waals surface area (Å²) in [7, 11) is 0. The first-order chi connectivity index (χ1) is 7.86. The molecule has 0 aromatic carbocycles. The first kappa shape index (κ1) is 11.6. The van der Waals surface area contributed by atoms with E-state index in [1.54, 1.807) is 0 Å². The predicted octanol–water partition coefficient (Wildman–Crippen LogP) is 3.03. The summed E-state index contributed by atoms with van der Waals surface area (Å²) in [4.78, 5) is 0. The summed E-state index contributed by atoms with van der Waals surface area (Å²) in [5, 5.41) is 10.6. The molecule has 1 aliphatic rings. The van der Waals surface area contributed by atoms with Crippen molar-refractivity contribution < 1.29 is 0 Å². The van der Waals surface area contributed by atoms with E-state index in [0.717, 1.165) is 12.5 Å². The fraction of sp³-hybridized carbons (Fsp3) is 0.769. The van der Waals surface area contributed by atoms with Crippen LogP contribution < -0.4 is 5.32 Å². The van der Waals surface area contributed by atoms with E-state index >= 15 is 0 Å². The molecular formula is C13H23N3. The van der Waals surface area contributed by atoms with Gasteiger partial charge in [-0.15, -0.1) is 0 Å². The fourth-order valence-electron chi connectivity index (χ4n) is 2.60. The van der Waals surface area contributed by atoms with Gasteiger partial charge in [-0.25, -0.2) is 0 Å². The van der Waals surface area contributed by atoms with Crippen molar-refractivity contribution in [2.75, 3.05) is 6.54 Å². The molecule has 1 aromatic heterocycles. The second-order valence-electron chi connectivity index (χ2n) is 4.98. The summed E-state index contributed by atoms with van der Waals surface area (Å²) in [5.74, 6) is 0.968. The highest BCUT2D eigenvalue weighted by atomic mass is 15.1. The van der Waals surface area contributed by atoms with Gasteiger partial charge in [0.05, 0.1) is 5.69 Å². The van der Waals surface area contributed by atoms with Gasteiger partial charge >= 0.3 is 0 Å². The summed E-state index contributed by atoms with van der Waals surface area (Å²) in [6.07, 6.45) is 10.4. The van der Waals surface area contributed by atoms with Gasteiger partial charge < -0.3 is 5.32 Å². The third kappa shape index (κ3) is 3.34. The molecule has 3 nitrogen and oxygen atoms in total. The molecule has 16 heavy (non-hydrogen) atoms. The summed E-state index contributed by atoms with van der Waals surface area (Å²) in [5.41, 5.74) is 1.18. The maximum atomic E-state index is 3.98. The Bertz CT molecular complexity index is 275. The Kier molecular flexibility index (Phi) is 4.40. The lowest BCUT2D eigenvalue weighted by atomic mass is 9.87. The largest absolute Gasteiger partial charge is 0.309 e. The number of H-pyrrole nitrogens is 1. The van der Waals surface area contributed by atoms with Crippen LogP contribution >= 0.6 is 0 Å². The Morgan fingerprint density at radius 1 is 1.44 bits per heavy atom. The van der Waals surface area contributed by atoms with Crippen LogP contribution in [0.4, 0.5) is 0 Å². The Labute approximate surface area is 98.0 Å². The lowest BCUT2D eigenvalue weighted by molar-refractivity contribution is 0.329. The van der Waals surface area contributed by atoms with E-state index in [2.05, 4.69) is 22.4 Å². The number of aromatic nitrogens is 2. The van der Waals surface area contributed by atoms with Crippen molar-refractivity contribution in [3.8, 4) is 0 Å². The van der Waals surface area contributed by atoms with Gasteiger partial charge in [0, 0.05) is 12.2 Å². The topological polar surface area (TPSA) is 40.7 Å². The van der Waals surface area contributed by atoms with Crippen LogP contribution in [0.15, 0.2) is 12.3 Å². The van der Waals surface area contributed by atoms with Gasteiger partial charge in [-0.3, -0.25) is 5.10 Å². The normalized spacial score (nSPS) is 19.8. The minimum absolute atomic E-state index is 0.395. The first-order valence-corrected chi connectivity index (χ1v) is 6.59. The average molecular weight is 221 g/mol. The van der Waals surface area contributed by atoms with Crippen molar-refractivity contribution >= 4 is 0 Å². The molecule has 2 N–H and O–H groups in total. The smallest absolute Gasteiger partial charge is 0.0518 e.